The van der Waals surface area contributed by atoms with Gasteiger partial charge in [-0.15, -0.1) is 0 Å². The Bertz CT molecular complexity index is 394. The average Bonchev–Trinajstić information content (AvgIpc) is 2.70. The number of hydrogen-bond donors (Lipinski definition) is 3. The van der Waals surface area contributed by atoms with E-state index in [1.165, 1.54) is 12.3 Å². The minimum atomic E-state index is -3.55. The fraction of sp³-hybridized carbons (Fsp3) is 0.625. The van der Waals surface area contributed by atoms with E-state index in [0.29, 0.717) is 6.42 Å². The van der Waals surface area contributed by atoms with Crippen molar-refractivity contribution in [2.75, 3.05) is 6.54 Å². The second-order valence-electron chi connectivity index (χ2n) is 3.64. The summed E-state index contributed by atoms with van der Waals surface area (Å²) < 4.78 is 26.1. The largest absolute Gasteiger partial charge is 0.329 e. The molecule has 15 heavy (non-hydrogen) atoms. The van der Waals surface area contributed by atoms with Crippen molar-refractivity contribution in [1.29, 1.82) is 0 Å². The van der Waals surface area contributed by atoms with E-state index in [1.807, 2.05) is 6.92 Å². The molecule has 0 aliphatic carbocycles. The third-order valence-electron chi connectivity index (χ3n) is 2.38. The van der Waals surface area contributed by atoms with E-state index in [-0.39, 0.29) is 11.6 Å². The maximum absolute atomic E-state index is 11.8. The molecule has 0 saturated heterocycles. The van der Waals surface area contributed by atoms with Crippen molar-refractivity contribution in [2.45, 2.75) is 30.8 Å². The highest BCUT2D eigenvalue weighted by molar-refractivity contribution is 7.89. The third kappa shape index (κ3) is 2.77. The number of nitrogens with one attached hydrogen (secondary N) is 2. The Morgan fingerprint density at radius 1 is 1.67 bits per heavy atom. The first-order chi connectivity index (χ1) is 6.93. The minimum absolute atomic E-state index is 0.0515. The quantitative estimate of drug-likeness (QED) is 0.655. The highest BCUT2D eigenvalue weighted by Crippen LogP contribution is 2.12. The molecule has 86 valence electrons. The zero-order chi connectivity index (χ0) is 11.5. The van der Waals surface area contributed by atoms with Gasteiger partial charge in [-0.25, -0.2) is 13.1 Å². The van der Waals surface area contributed by atoms with Crippen molar-refractivity contribution in [3.05, 3.63) is 12.3 Å². The van der Waals surface area contributed by atoms with Crippen LogP contribution in [0.15, 0.2) is 17.3 Å². The highest BCUT2D eigenvalue weighted by atomic mass is 32.2. The zero-order valence-corrected chi connectivity index (χ0v) is 9.63. The second kappa shape index (κ2) is 4.30. The third-order valence-corrected chi connectivity index (χ3v) is 3.94. The summed E-state index contributed by atoms with van der Waals surface area (Å²) in [5.41, 5.74) is 4.90. The number of sulfonamides is 1. The number of H-pyrrole nitrogens is 1. The summed E-state index contributed by atoms with van der Waals surface area (Å²) in [5.74, 6) is 0. The Morgan fingerprint density at radius 3 is 2.73 bits per heavy atom. The van der Waals surface area contributed by atoms with Crippen molar-refractivity contribution in [3.63, 3.8) is 0 Å². The van der Waals surface area contributed by atoms with Gasteiger partial charge >= 0.3 is 0 Å². The van der Waals surface area contributed by atoms with Gasteiger partial charge in [-0.3, -0.25) is 5.10 Å². The Balaban J connectivity index is 2.91. The number of aromatic amines is 1. The predicted molar refractivity (Wildman–Crippen MR) is 56.7 cm³/mol. The Hall–Kier alpha value is -0.920. The molecule has 1 unspecified atom stereocenters. The lowest BCUT2D eigenvalue weighted by Crippen LogP contribution is -2.50. The minimum Gasteiger partial charge on any atom is -0.329 e. The molecule has 0 radical (unpaired) electrons. The van der Waals surface area contributed by atoms with Crippen LogP contribution in [0.3, 0.4) is 0 Å². The molecule has 0 aliphatic rings. The first-order valence-electron chi connectivity index (χ1n) is 4.67. The first-order valence-corrected chi connectivity index (χ1v) is 6.15. The van der Waals surface area contributed by atoms with Gasteiger partial charge in [-0.05, 0) is 19.4 Å². The van der Waals surface area contributed by atoms with Gasteiger partial charge in [0, 0.05) is 12.1 Å². The van der Waals surface area contributed by atoms with Crippen LogP contribution in [0.4, 0.5) is 0 Å². The van der Waals surface area contributed by atoms with Crippen molar-refractivity contribution >= 4 is 10.0 Å². The number of rotatable bonds is 5. The summed E-state index contributed by atoms with van der Waals surface area (Å²) in [6.45, 7) is 3.89. The topological polar surface area (TPSA) is 101 Å². The summed E-state index contributed by atoms with van der Waals surface area (Å²) in [6, 6.07) is 1.40. The molecular formula is C8H16N4O2S. The predicted octanol–water partition coefficient (Wildman–Crippen LogP) is -0.185. The lowest BCUT2D eigenvalue weighted by Gasteiger charge is -2.26. The SMILES string of the molecule is CCC(C)(CN)NS(=O)(=O)c1ccn[nH]1. The summed E-state index contributed by atoms with van der Waals surface area (Å²) in [6.07, 6.45) is 2.01. The molecule has 0 bridgehead atoms. The van der Waals surface area contributed by atoms with Crippen LogP contribution in [0.5, 0.6) is 0 Å². The first kappa shape index (κ1) is 12.2. The summed E-state index contributed by atoms with van der Waals surface area (Å²) in [4.78, 5) is 0. The molecule has 0 aromatic carbocycles. The zero-order valence-electron chi connectivity index (χ0n) is 8.82. The molecule has 0 spiro atoms. The van der Waals surface area contributed by atoms with E-state index in [2.05, 4.69) is 14.9 Å². The van der Waals surface area contributed by atoms with Gasteiger partial charge in [0.15, 0.2) is 5.03 Å². The average molecular weight is 232 g/mol. The Labute approximate surface area is 89.3 Å². The number of nitrogens with two attached hydrogens (primary N) is 1. The molecule has 0 saturated carbocycles. The molecule has 1 aromatic rings. The lowest BCUT2D eigenvalue weighted by atomic mass is 10.0. The standard InChI is InChI=1S/C8H16N4O2S/c1-3-8(2,6-9)12-15(13,14)7-4-5-10-11-7/h4-5,12H,3,6,9H2,1-2H3,(H,10,11). The fourth-order valence-corrected chi connectivity index (χ4v) is 2.43. The van der Waals surface area contributed by atoms with Crippen molar-refractivity contribution in [1.82, 2.24) is 14.9 Å². The van der Waals surface area contributed by atoms with E-state index >= 15 is 0 Å². The molecule has 1 rings (SSSR count). The van der Waals surface area contributed by atoms with Gasteiger partial charge in [-0.1, -0.05) is 6.92 Å². The van der Waals surface area contributed by atoms with Gasteiger partial charge in [0.25, 0.3) is 10.0 Å². The van der Waals surface area contributed by atoms with Crippen LogP contribution in [0.25, 0.3) is 0 Å². The van der Waals surface area contributed by atoms with Gasteiger partial charge in [0.1, 0.15) is 0 Å². The maximum atomic E-state index is 11.8. The molecule has 0 amide bonds. The van der Waals surface area contributed by atoms with Crippen molar-refractivity contribution < 1.29 is 8.42 Å². The molecule has 4 N–H and O–H groups in total. The van der Waals surface area contributed by atoms with Crippen LogP contribution < -0.4 is 10.5 Å². The van der Waals surface area contributed by atoms with Gasteiger partial charge < -0.3 is 5.73 Å². The van der Waals surface area contributed by atoms with E-state index in [4.69, 9.17) is 5.73 Å². The van der Waals surface area contributed by atoms with E-state index in [0.717, 1.165) is 0 Å². The molecule has 0 aliphatic heterocycles. The Morgan fingerprint density at radius 2 is 2.33 bits per heavy atom. The molecule has 1 aromatic heterocycles. The van der Waals surface area contributed by atoms with Crippen LogP contribution in [-0.2, 0) is 10.0 Å². The number of aromatic nitrogens is 2. The number of nitrogens with zero attached hydrogens (tertiary/aromatic N) is 1. The second-order valence-corrected chi connectivity index (χ2v) is 5.30. The normalized spacial score (nSPS) is 16.2. The van der Waals surface area contributed by atoms with Crippen molar-refractivity contribution in [3.8, 4) is 0 Å². The fourth-order valence-electron chi connectivity index (χ4n) is 1.03. The van der Waals surface area contributed by atoms with E-state index in [9.17, 15) is 8.42 Å². The molecule has 6 nitrogen and oxygen atoms in total. The molecular weight excluding hydrogens is 216 g/mol. The highest BCUT2D eigenvalue weighted by Gasteiger charge is 2.28. The van der Waals surface area contributed by atoms with Gasteiger partial charge in [-0.2, -0.15) is 5.10 Å². The molecule has 1 heterocycles. The van der Waals surface area contributed by atoms with E-state index < -0.39 is 15.6 Å². The van der Waals surface area contributed by atoms with Crippen LogP contribution in [0.1, 0.15) is 20.3 Å². The van der Waals surface area contributed by atoms with E-state index in [1.54, 1.807) is 6.92 Å². The van der Waals surface area contributed by atoms with Crippen LogP contribution in [0.2, 0.25) is 0 Å². The Kier molecular flexibility index (Phi) is 3.48. The molecule has 0 fully saturated rings. The van der Waals surface area contributed by atoms with Crippen LogP contribution >= 0.6 is 0 Å². The van der Waals surface area contributed by atoms with Gasteiger partial charge in [0.05, 0.1) is 6.20 Å². The van der Waals surface area contributed by atoms with Gasteiger partial charge in [0.2, 0.25) is 0 Å². The van der Waals surface area contributed by atoms with Crippen LogP contribution in [-0.4, -0.2) is 30.7 Å². The molecule has 7 heteroatoms. The monoisotopic (exact) mass is 232 g/mol. The summed E-state index contributed by atoms with van der Waals surface area (Å²) >= 11 is 0. The number of hydrogen-bond acceptors (Lipinski definition) is 4. The lowest BCUT2D eigenvalue weighted by molar-refractivity contribution is 0.410. The summed E-state index contributed by atoms with van der Waals surface area (Å²) in [5, 5.41) is 6.05. The summed E-state index contributed by atoms with van der Waals surface area (Å²) in [7, 11) is -3.55. The maximum Gasteiger partial charge on any atom is 0.258 e. The van der Waals surface area contributed by atoms with Crippen LogP contribution in [0, 0.1) is 0 Å². The van der Waals surface area contributed by atoms with Crippen molar-refractivity contribution in [2.24, 2.45) is 5.73 Å². The smallest absolute Gasteiger partial charge is 0.258 e. The molecule has 1 atom stereocenters.